The Balaban J connectivity index is 2.20. The highest BCUT2D eigenvalue weighted by molar-refractivity contribution is 6.39. The van der Waals surface area contributed by atoms with Crippen molar-refractivity contribution < 1.29 is 0 Å². The Morgan fingerprint density at radius 3 is 2.22 bits per heavy atom. The second-order valence-electron chi connectivity index (χ2n) is 4.85. The second-order valence-corrected chi connectivity index (χ2v) is 5.66. The van der Waals surface area contributed by atoms with E-state index >= 15 is 0 Å². The van der Waals surface area contributed by atoms with Crippen molar-refractivity contribution in [1.29, 1.82) is 0 Å². The molecule has 1 aliphatic rings. The number of halogens is 2. The molecule has 100 valence electrons. The summed E-state index contributed by atoms with van der Waals surface area (Å²) in [7, 11) is 0. The van der Waals surface area contributed by atoms with Crippen LogP contribution >= 0.6 is 23.2 Å². The fourth-order valence-electron chi connectivity index (χ4n) is 2.49. The van der Waals surface area contributed by atoms with Crippen molar-refractivity contribution in [3.63, 3.8) is 0 Å². The molecule has 0 atom stereocenters. The van der Waals surface area contributed by atoms with Gasteiger partial charge in [-0.1, -0.05) is 23.2 Å². The van der Waals surface area contributed by atoms with Gasteiger partial charge in [0.1, 0.15) is 0 Å². The predicted molar refractivity (Wildman–Crippen MR) is 79.9 cm³/mol. The SMILES string of the molecule is NCCCc1cc(Cl)c(N2CCCCC2)c(Cl)c1. The molecular formula is C14H20Cl2N2. The molecule has 1 aliphatic heterocycles. The molecule has 0 aliphatic carbocycles. The molecule has 0 saturated carbocycles. The topological polar surface area (TPSA) is 29.3 Å². The number of piperidine rings is 1. The molecule has 0 aromatic heterocycles. The van der Waals surface area contributed by atoms with Crippen LogP contribution in [0.3, 0.4) is 0 Å². The quantitative estimate of drug-likeness (QED) is 0.910. The second kappa shape index (κ2) is 6.65. The van der Waals surface area contributed by atoms with Crippen LogP contribution in [0, 0.1) is 0 Å². The molecule has 1 aromatic rings. The van der Waals surface area contributed by atoms with Crippen LogP contribution in [0.2, 0.25) is 10.0 Å². The summed E-state index contributed by atoms with van der Waals surface area (Å²) < 4.78 is 0. The van der Waals surface area contributed by atoms with E-state index in [4.69, 9.17) is 28.9 Å². The molecule has 1 heterocycles. The Hall–Kier alpha value is -0.440. The van der Waals surface area contributed by atoms with E-state index in [-0.39, 0.29) is 0 Å². The summed E-state index contributed by atoms with van der Waals surface area (Å²) in [4.78, 5) is 2.31. The van der Waals surface area contributed by atoms with Crippen LogP contribution in [0.25, 0.3) is 0 Å². The highest BCUT2D eigenvalue weighted by atomic mass is 35.5. The zero-order valence-corrected chi connectivity index (χ0v) is 12.1. The number of nitrogens with two attached hydrogens (primary N) is 1. The first kappa shape index (κ1) is 14.0. The largest absolute Gasteiger partial charge is 0.369 e. The average Bonchev–Trinajstić information content (AvgIpc) is 2.37. The summed E-state index contributed by atoms with van der Waals surface area (Å²) in [6.45, 7) is 2.81. The number of anilines is 1. The van der Waals surface area contributed by atoms with Gasteiger partial charge in [-0.05, 0) is 56.3 Å². The van der Waals surface area contributed by atoms with Crippen molar-refractivity contribution in [2.75, 3.05) is 24.5 Å². The molecule has 1 fully saturated rings. The lowest BCUT2D eigenvalue weighted by Crippen LogP contribution is -2.29. The number of hydrogen-bond donors (Lipinski definition) is 1. The molecule has 0 unspecified atom stereocenters. The minimum absolute atomic E-state index is 0.698. The highest BCUT2D eigenvalue weighted by Crippen LogP contribution is 2.36. The van der Waals surface area contributed by atoms with Gasteiger partial charge in [-0.15, -0.1) is 0 Å². The maximum atomic E-state index is 6.39. The predicted octanol–water partition coefficient (Wildman–Crippen LogP) is 3.88. The Kier molecular flexibility index (Phi) is 5.16. The van der Waals surface area contributed by atoms with Crippen molar-refractivity contribution in [2.24, 2.45) is 5.73 Å². The fraction of sp³-hybridized carbons (Fsp3) is 0.571. The Labute approximate surface area is 119 Å². The van der Waals surface area contributed by atoms with Crippen LogP contribution in [0.5, 0.6) is 0 Å². The number of hydrogen-bond acceptors (Lipinski definition) is 2. The minimum atomic E-state index is 0.698. The minimum Gasteiger partial charge on any atom is -0.369 e. The van der Waals surface area contributed by atoms with E-state index in [0.717, 1.165) is 41.7 Å². The molecule has 0 bridgehead atoms. The zero-order valence-electron chi connectivity index (χ0n) is 10.6. The van der Waals surface area contributed by atoms with Gasteiger partial charge in [0, 0.05) is 13.1 Å². The Morgan fingerprint density at radius 2 is 1.67 bits per heavy atom. The summed E-state index contributed by atoms with van der Waals surface area (Å²) in [5.41, 5.74) is 7.71. The van der Waals surface area contributed by atoms with Crippen LogP contribution in [0.4, 0.5) is 5.69 Å². The molecule has 1 saturated heterocycles. The van der Waals surface area contributed by atoms with Crippen LogP contribution in [0.15, 0.2) is 12.1 Å². The van der Waals surface area contributed by atoms with Crippen molar-refractivity contribution in [2.45, 2.75) is 32.1 Å². The third kappa shape index (κ3) is 3.31. The van der Waals surface area contributed by atoms with E-state index in [1.807, 2.05) is 12.1 Å². The fourth-order valence-corrected chi connectivity index (χ4v) is 3.26. The van der Waals surface area contributed by atoms with E-state index in [1.165, 1.54) is 24.8 Å². The van der Waals surface area contributed by atoms with Crippen molar-refractivity contribution in [3.8, 4) is 0 Å². The van der Waals surface area contributed by atoms with E-state index < -0.39 is 0 Å². The van der Waals surface area contributed by atoms with E-state index in [2.05, 4.69) is 4.90 Å². The van der Waals surface area contributed by atoms with Gasteiger partial charge >= 0.3 is 0 Å². The molecule has 2 rings (SSSR count). The average molecular weight is 287 g/mol. The summed E-state index contributed by atoms with van der Waals surface area (Å²) >= 11 is 12.8. The number of aryl methyl sites for hydroxylation is 1. The summed E-state index contributed by atoms with van der Waals surface area (Å²) in [6, 6.07) is 4.07. The van der Waals surface area contributed by atoms with Gasteiger partial charge in [0.05, 0.1) is 15.7 Å². The van der Waals surface area contributed by atoms with Crippen molar-refractivity contribution in [3.05, 3.63) is 27.7 Å². The number of nitrogens with zero attached hydrogens (tertiary/aromatic N) is 1. The molecule has 1 aromatic carbocycles. The van der Waals surface area contributed by atoms with Crippen molar-refractivity contribution >= 4 is 28.9 Å². The van der Waals surface area contributed by atoms with Crippen LogP contribution in [0.1, 0.15) is 31.2 Å². The Bertz CT molecular complexity index is 378. The van der Waals surface area contributed by atoms with Gasteiger partial charge in [-0.25, -0.2) is 0 Å². The molecule has 0 radical (unpaired) electrons. The van der Waals surface area contributed by atoms with Crippen LogP contribution in [-0.4, -0.2) is 19.6 Å². The molecule has 4 heteroatoms. The summed E-state index contributed by atoms with van der Waals surface area (Å²) in [5.74, 6) is 0. The van der Waals surface area contributed by atoms with Crippen molar-refractivity contribution in [1.82, 2.24) is 0 Å². The third-order valence-corrected chi connectivity index (χ3v) is 3.99. The molecule has 2 N–H and O–H groups in total. The lowest BCUT2D eigenvalue weighted by atomic mass is 10.1. The first-order chi connectivity index (χ1) is 8.72. The van der Waals surface area contributed by atoms with Gasteiger partial charge in [-0.2, -0.15) is 0 Å². The van der Waals surface area contributed by atoms with E-state index in [9.17, 15) is 0 Å². The summed E-state index contributed by atoms with van der Waals surface area (Å²) in [6.07, 6.45) is 5.66. The maximum Gasteiger partial charge on any atom is 0.0745 e. The normalized spacial score (nSPS) is 16.1. The number of benzene rings is 1. The maximum absolute atomic E-state index is 6.39. The van der Waals surface area contributed by atoms with Gasteiger partial charge in [0.25, 0.3) is 0 Å². The van der Waals surface area contributed by atoms with Gasteiger partial charge in [0.15, 0.2) is 0 Å². The zero-order chi connectivity index (χ0) is 13.0. The molecular weight excluding hydrogens is 267 g/mol. The smallest absolute Gasteiger partial charge is 0.0745 e. The number of rotatable bonds is 4. The third-order valence-electron chi connectivity index (χ3n) is 3.42. The van der Waals surface area contributed by atoms with Crippen LogP contribution in [-0.2, 0) is 6.42 Å². The molecule has 0 spiro atoms. The van der Waals surface area contributed by atoms with E-state index in [1.54, 1.807) is 0 Å². The highest BCUT2D eigenvalue weighted by Gasteiger charge is 2.17. The first-order valence-corrected chi connectivity index (χ1v) is 7.41. The lowest BCUT2D eigenvalue weighted by Gasteiger charge is -2.30. The molecule has 0 amide bonds. The lowest BCUT2D eigenvalue weighted by molar-refractivity contribution is 0.578. The summed E-state index contributed by atoms with van der Waals surface area (Å²) in [5, 5.41) is 1.55. The van der Waals surface area contributed by atoms with Gasteiger partial charge in [-0.3, -0.25) is 0 Å². The molecule has 2 nitrogen and oxygen atoms in total. The molecule has 18 heavy (non-hydrogen) atoms. The first-order valence-electron chi connectivity index (χ1n) is 6.65. The standard InChI is InChI=1S/C14H20Cl2N2/c15-12-9-11(5-4-6-17)10-13(16)14(12)18-7-2-1-3-8-18/h9-10H,1-8,17H2. The monoisotopic (exact) mass is 286 g/mol. The Morgan fingerprint density at radius 1 is 1.06 bits per heavy atom. The van der Waals surface area contributed by atoms with Crippen LogP contribution < -0.4 is 10.6 Å². The van der Waals surface area contributed by atoms with Gasteiger partial charge in [0.2, 0.25) is 0 Å². The van der Waals surface area contributed by atoms with E-state index in [0.29, 0.717) is 6.54 Å². The van der Waals surface area contributed by atoms with Gasteiger partial charge < -0.3 is 10.6 Å².